The van der Waals surface area contributed by atoms with E-state index in [1.165, 1.54) is 0 Å². The second-order valence-corrected chi connectivity index (χ2v) is 5.93. The van der Waals surface area contributed by atoms with E-state index in [1.807, 2.05) is 0 Å². The number of anilines is 1. The molecule has 2 N–H and O–H groups in total. The van der Waals surface area contributed by atoms with Crippen LogP contribution in [0.2, 0.25) is 0 Å². The Bertz CT molecular complexity index is 788. The van der Waals surface area contributed by atoms with Crippen LogP contribution in [0.15, 0.2) is 28.4 Å². The summed E-state index contributed by atoms with van der Waals surface area (Å²) in [5.74, 6) is -1.74. The van der Waals surface area contributed by atoms with E-state index in [2.05, 4.69) is 21.2 Å². The first kappa shape index (κ1) is 20.2. The molecule has 26 heavy (non-hydrogen) atoms. The quantitative estimate of drug-likeness (QED) is 0.550. The van der Waals surface area contributed by atoms with Gasteiger partial charge in [0, 0.05) is 10.5 Å². The monoisotopic (exact) mass is 446 g/mol. The molecule has 0 aliphatic carbocycles. The lowest BCUT2D eigenvalue weighted by molar-refractivity contribution is -0.162. The molecule has 0 unspecified atom stereocenters. The summed E-state index contributed by atoms with van der Waals surface area (Å²) in [7, 11) is 0. The summed E-state index contributed by atoms with van der Waals surface area (Å²) in [6.07, 6.45) is -9.77. The van der Waals surface area contributed by atoms with Crippen LogP contribution in [0.5, 0.6) is 0 Å². The van der Waals surface area contributed by atoms with Gasteiger partial charge in [-0.05, 0) is 28.1 Å². The Morgan fingerprint density at radius 1 is 1.04 bits per heavy atom. The van der Waals surface area contributed by atoms with Crippen molar-refractivity contribution in [3.05, 3.63) is 39.5 Å². The van der Waals surface area contributed by atoms with E-state index in [-0.39, 0.29) is 23.2 Å². The highest BCUT2D eigenvalue weighted by molar-refractivity contribution is 9.10. The van der Waals surface area contributed by atoms with E-state index in [1.54, 1.807) is 0 Å². The van der Waals surface area contributed by atoms with Gasteiger partial charge in [0.1, 0.15) is 5.70 Å². The molecular weight excluding hydrogens is 438 g/mol. The number of β-amino-alcohol motifs (C(OH)–C–C–N with tert-alkyl or cyclic N) is 1. The van der Waals surface area contributed by atoms with Crippen LogP contribution in [0, 0.1) is 0 Å². The number of carbonyl (C=O) groups is 2. The molecule has 0 aromatic heterocycles. The van der Waals surface area contributed by atoms with Gasteiger partial charge in [-0.2, -0.15) is 26.3 Å². The molecular formula is C14H9BrF6N2O3. The van der Waals surface area contributed by atoms with E-state index in [0.29, 0.717) is 4.90 Å². The Hall–Kier alpha value is -2.08. The molecule has 0 saturated heterocycles. The number of rotatable bonds is 4. The molecule has 2 amide bonds. The number of aliphatic hydroxyl groups is 1. The van der Waals surface area contributed by atoms with Gasteiger partial charge in [0.25, 0.3) is 11.8 Å². The topological polar surface area (TPSA) is 69.6 Å². The SMILES string of the molecule is O=C1C=C(Nc2cc(C(F)(F)F)c(C(F)(F)F)cc2Br)C(=O)N1CCO. The number of hydrogen-bond donors (Lipinski definition) is 2. The summed E-state index contributed by atoms with van der Waals surface area (Å²) in [5, 5.41) is 11.0. The molecule has 0 spiro atoms. The molecule has 1 heterocycles. The van der Waals surface area contributed by atoms with Crippen molar-refractivity contribution >= 4 is 33.4 Å². The van der Waals surface area contributed by atoms with E-state index in [0.717, 1.165) is 6.08 Å². The number of benzene rings is 1. The first-order valence-corrected chi connectivity index (χ1v) is 7.59. The van der Waals surface area contributed by atoms with Crippen LogP contribution in [0.3, 0.4) is 0 Å². The van der Waals surface area contributed by atoms with Crippen molar-refractivity contribution in [2.45, 2.75) is 12.4 Å². The maximum absolute atomic E-state index is 13.0. The molecule has 0 fully saturated rings. The van der Waals surface area contributed by atoms with Crippen molar-refractivity contribution < 1.29 is 41.0 Å². The Morgan fingerprint density at radius 2 is 1.58 bits per heavy atom. The van der Waals surface area contributed by atoms with Crippen molar-refractivity contribution in [2.24, 2.45) is 0 Å². The Balaban J connectivity index is 2.45. The highest BCUT2D eigenvalue weighted by Crippen LogP contribution is 2.44. The third-order valence-electron chi connectivity index (χ3n) is 3.32. The number of nitrogens with zero attached hydrogens (tertiary/aromatic N) is 1. The summed E-state index contributed by atoms with van der Waals surface area (Å²) < 4.78 is 77.2. The molecule has 1 aromatic carbocycles. The highest BCUT2D eigenvalue weighted by atomic mass is 79.9. The fraction of sp³-hybridized carbons (Fsp3) is 0.286. The lowest BCUT2D eigenvalue weighted by Crippen LogP contribution is -2.34. The largest absolute Gasteiger partial charge is 0.417 e. The van der Waals surface area contributed by atoms with Crippen LogP contribution in [0.25, 0.3) is 0 Å². The summed E-state index contributed by atoms with van der Waals surface area (Å²) in [6.45, 7) is -0.859. The van der Waals surface area contributed by atoms with Gasteiger partial charge in [0.2, 0.25) is 0 Å². The molecule has 1 aliphatic rings. The van der Waals surface area contributed by atoms with Crippen LogP contribution in [-0.4, -0.2) is 35.0 Å². The Labute approximate surface area is 150 Å². The zero-order valence-electron chi connectivity index (χ0n) is 12.5. The molecule has 1 aliphatic heterocycles. The first-order valence-electron chi connectivity index (χ1n) is 6.79. The highest BCUT2D eigenvalue weighted by Gasteiger charge is 2.44. The molecule has 0 saturated carbocycles. The average molecular weight is 447 g/mol. The predicted molar refractivity (Wildman–Crippen MR) is 79.7 cm³/mol. The van der Waals surface area contributed by atoms with Crippen molar-refractivity contribution in [2.75, 3.05) is 18.5 Å². The van der Waals surface area contributed by atoms with Gasteiger partial charge >= 0.3 is 12.4 Å². The number of amides is 2. The number of alkyl halides is 6. The average Bonchev–Trinajstić information content (AvgIpc) is 2.75. The van der Waals surface area contributed by atoms with Gasteiger partial charge in [-0.25, -0.2) is 0 Å². The number of halogens is 7. The van der Waals surface area contributed by atoms with Gasteiger partial charge in [-0.15, -0.1) is 0 Å². The molecule has 142 valence electrons. The lowest BCUT2D eigenvalue weighted by atomic mass is 10.1. The summed E-state index contributed by atoms with van der Waals surface area (Å²) in [6, 6.07) is 0.429. The third kappa shape index (κ3) is 4.01. The zero-order chi connectivity index (χ0) is 19.9. The molecule has 5 nitrogen and oxygen atoms in total. The number of imide groups is 1. The summed E-state index contributed by atoms with van der Waals surface area (Å²) in [5.41, 5.74) is -4.76. The Morgan fingerprint density at radius 3 is 2.08 bits per heavy atom. The molecule has 0 atom stereocenters. The van der Waals surface area contributed by atoms with Gasteiger partial charge in [0.05, 0.1) is 30.0 Å². The molecule has 0 radical (unpaired) electrons. The zero-order valence-corrected chi connectivity index (χ0v) is 14.1. The van der Waals surface area contributed by atoms with Crippen molar-refractivity contribution in [3.63, 3.8) is 0 Å². The second-order valence-electron chi connectivity index (χ2n) is 5.07. The number of nitrogens with one attached hydrogen (secondary N) is 1. The normalized spacial score (nSPS) is 15.5. The van der Waals surface area contributed by atoms with Crippen molar-refractivity contribution in [1.29, 1.82) is 0 Å². The van der Waals surface area contributed by atoms with Gasteiger partial charge in [0.15, 0.2) is 0 Å². The predicted octanol–water partition coefficient (Wildman–Crippen LogP) is 3.14. The number of aliphatic hydroxyl groups excluding tert-OH is 1. The van der Waals surface area contributed by atoms with Crippen LogP contribution >= 0.6 is 15.9 Å². The van der Waals surface area contributed by atoms with Gasteiger partial charge in [-0.3, -0.25) is 14.5 Å². The van der Waals surface area contributed by atoms with E-state index in [9.17, 15) is 35.9 Å². The fourth-order valence-corrected chi connectivity index (χ4v) is 2.64. The minimum atomic E-state index is -5.30. The van der Waals surface area contributed by atoms with Crippen LogP contribution < -0.4 is 5.32 Å². The maximum Gasteiger partial charge on any atom is 0.417 e. The summed E-state index contributed by atoms with van der Waals surface area (Å²) in [4.78, 5) is 24.2. The number of hydrogen-bond acceptors (Lipinski definition) is 4. The second kappa shape index (κ2) is 6.91. The van der Waals surface area contributed by atoms with E-state index < -0.39 is 53.3 Å². The third-order valence-corrected chi connectivity index (χ3v) is 3.98. The number of carbonyl (C=O) groups excluding carboxylic acids is 2. The lowest BCUT2D eigenvalue weighted by Gasteiger charge is -2.19. The van der Waals surface area contributed by atoms with Crippen LogP contribution in [0.1, 0.15) is 11.1 Å². The van der Waals surface area contributed by atoms with E-state index in [4.69, 9.17) is 5.11 Å². The minimum absolute atomic E-state index is 0.195. The van der Waals surface area contributed by atoms with Crippen molar-refractivity contribution in [1.82, 2.24) is 4.90 Å². The molecule has 1 aromatic rings. The first-order chi connectivity index (χ1) is 11.9. The smallest absolute Gasteiger partial charge is 0.395 e. The maximum atomic E-state index is 13.0. The van der Waals surface area contributed by atoms with Crippen LogP contribution in [0.4, 0.5) is 32.0 Å². The molecule has 2 rings (SSSR count). The van der Waals surface area contributed by atoms with Crippen molar-refractivity contribution in [3.8, 4) is 0 Å². The van der Waals surface area contributed by atoms with Crippen LogP contribution in [-0.2, 0) is 21.9 Å². The van der Waals surface area contributed by atoms with E-state index >= 15 is 0 Å². The van der Waals surface area contributed by atoms with Gasteiger partial charge in [-0.1, -0.05) is 0 Å². The molecule has 12 heteroatoms. The standard InChI is InChI=1S/C14H9BrF6N2O3/c15-8-3-6(13(16,17)18)7(14(19,20)21)4-9(8)22-10-5-11(25)23(1-2-24)12(10)26/h3-5,22,24H,1-2H2. The molecule has 0 bridgehead atoms. The Kier molecular flexibility index (Phi) is 5.38. The minimum Gasteiger partial charge on any atom is -0.395 e. The fourth-order valence-electron chi connectivity index (χ4n) is 2.19. The van der Waals surface area contributed by atoms with Gasteiger partial charge < -0.3 is 10.4 Å². The summed E-state index contributed by atoms with van der Waals surface area (Å²) >= 11 is 2.72.